The average Bonchev–Trinajstić information content (AvgIpc) is 3.13. The summed E-state index contributed by atoms with van der Waals surface area (Å²) in [4.78, 5) is 25.9. The van der Waals surface area contributed by atoms with Crippen LogP contribution in [0.2, 0.25) is 0 Å². The molecule has 6 heteroatoms. The number of amides is 1. The standard InChI is InChI=1S/C25H27N3O3/c1-4-14-31-20-12-8-18(9-13-20)24(30)21-15-22(29)26-25-23(21)16(3)27-28(25)19-10-6-17(5-2)7-11-19/h6-13,21H,4-5,14-15H2,1-3H3,(H,26,29)/t21-/m0/s1. The zero-order valence-corrected chi connectivity index (χ0v) is 18.1. The van der Waals surface area contributed by atoms with Gasteiger partial charge in [-0.15, -0.1) is 0 Å². The third-order valence-electron chi connectivity index (χ3n) is 5.62. The number of nitrogens with zero attached hydrogens (tertiary/aromatic N) is 2. The summed E-state index contributed by atoms with van der Waals surface area (Å²) in [5.41, 5.74) is 4.18. The Morgan fingerprint density at radius 1 is 1.13 bits per heavy atom. The summed E-state index contributed by atoms with van der Waals surface area (Å²) in [6.07, 6.45) is 1.98. The van der Waals surface area contributed by atoms with Crippen LogP contribution >= 0.6 is 0 Å². The lowest BCUT2D eigenvalue weighted by Crippen LogP contribution is -2.28. The number of anilines is 1. The van der Waals surface area contributed by atoms with E-state index >= 15 is 0 Å². The van der Waals surface area contributed by atoms with Crippen LogP contribution in [0, 0.1) is 6.92 Å². The number of aromatic nitrogens is 2. The molecule has 6 nitrogen and oxygen atoms in total. The first-order valence-corrected chi connectivity index (χ1v) is 10.8. The fourth-order valence-corrected chi connectivity index (χ4v) is 3.97. The fraction of sp³-hybridized carbons (Fsp3) is 0.320. The quantitative estimate of drug-likeness (QED) is 0.558. The molecular weight excluding hydrogens is 390 g/mol. The van der Waals surface area contributed by atoms with Crippen LogP contribution in [-0.2, 0) is 11.2 Å². The molecule has 1 aromatic heterocycles. The van der Waals surface area contributed by atoms with E-state index in [-0.39, 0.29) is 18.1 Å². The zero-order valence-electron chi connectivity index (χ0n) is 18.1. The van der Waals surface area contributed by atoms with Crippen LogP contribution in [0.4, 0.5) is 5.82 Å². The number of ketones is 1. The Bertz CT molecular complexity index is 1100. The third-order valence-corrected chi connectivity index (χ3v) is 5.62. The second kappa shape index (κ2) is 8.76. The Kier molecular flexibility index (Phi) is 5.89. The van der Waals surface area contributed by atoms with Gasteiger partial charge in [0, 0.05) is 17.5 Å². The number of nitrogens with one attached hydrogen (secondary N) is 1. The molecule has 0 spiro atoms. The molecule has 2 heterocycles. The molecular formula is C25H27N3O3. The van der Waals surface area contributed by atoms with E-state index in [4.69, 9.17) is 4.74 Å². The molecule has 1 N–H and O–H groups in total. The molecule has 0 bridgehead atoms. The Labute approximate surface area is 182 Å². The first-order valence-electron chi connectivity index (χ1n) is 10.8. The van der Waals surface area contributed by atoms with E-state index in [1.807, 2.05) is 38.1 Å². The van der Waals surface area contributed by atoms with Crippen molar-refractivity contribution in [2.45, 2.75) is 46.0 Å². The van der Waals surface area contributed by atoms with Crippen molar-refractivity contribution in [2.75, 3.05) is 11.9 Å². The number of carbonyl (C=O) groups is 2. The lowest BCUT2D eigenvalue weighted by molar-refractivity contribution is -0.116. The highest BCUT2D eigenvalue weighted by atomic mass is 16.5. The summed E-state index contributed by atoms with van der Waals surface area (Å²) in [5, 5.41) is 7.59. The number of carbonyl (C=O) groups excluding carboxylic acids is 2. The highest BCUT2D eigenvalue weighted by Gasteiger charge is 2.36. The van der Waals surface area contributed by atoms with Gasteiger partial charge in [0.05, 0.1) is 23.9 Å². The van der Waals surface area contributed by atoms with Gasteiger partial charge in [0.25, 0.3) is 0 Å². The molecule has 0 saturated heterocycles. The maximum absolute atomic E-state index is 13.4. The van der Waals surface area contributed by atoms with E-state index in [0.29, 0.717) is 18.0 Å². The number of rotatable bonds is 7. The van der Waals surface area contributed by atoms with E-state index in [1.54, 1.807) is 28.9 Å². The second-order valence-corrected chi connectivity index (χ2v) is 7.82. The Balaban J connectivity index is 1.68. The Morgan fingerprint density at radius 2 is 1.84 bits per heavy atom. The van der Waals surface area contributed by atoms with Crippen LogP contribution in [0.3, 0.4) is 0 Å². The minimum atomic E-state index is -0.560. The number of fused-ring (bicyclic) bond motifs is 1. The lowest BCUT2D eigenvalue weighted by Gasteiger charge is -2.23. The Hall–Kier alpha value is -3.41. The molecule has 1 aliphatic rings. The number of aryl methyl sites for hydroxylation is 2. The van der Waals surface area contributed by atoms with E-state index in [1.165, 1.54) is 5.56 Å². The van der Waals surface area contributed by atoms with Crippen LogP contribution < -0.4 is 10.1 Å². The molecule has 0 saturated carbocycles. The predicted octanol–water partition coefficient (Wildman–Crippen LogP) is 4.84. The molecule has 0 aliphatic carbocycles. The van der Waals surface area contributed by atoms with Crippen molar-refractivity contribution in [3.63, 3.8) is 0 Å². The van der Waals surface area contributed by atoms with Crippen molar-refractivity contribution in [1.82, 2.24) is 9.78 Å². The number of ether oxygens (including phenoxy) is 1. The number of hydrogen-bond donors (Lipinski definition) is 1. The molecule has 3 aromatic rings. The molecule has 31 heavy (non-hydrogen) atoms. The molecule has 1 aliphatic heterocycles. The van der Waals surface area contributed by atoms with Crippen molar-refractivity contribution in [2.24, 2.45) is 0 Å². The normalized spacial score (nSPS) is 15.3. The first-order chi connectivity index (χ1) is 15.0. The lowest BCUT2D eigenvalue weighted by atomic mass is 9.85. The largest absolute Gasteiger partial charge is 0.494 e. The summed E-state index contributed by atoms with van der Waals surface area (Å²) >= 11 is 0. The van der Waals surface area contributed by atoms with Gasteiger partial charge in [0.1, 0.15) is 11.6 Å². The molecule has 4 rings (SSSR count). The number of benzene rings is 2. The van der Waals surface area contributed by atoms with Crippen molar-refractivity contribution >= 4 is 17.5 Å². The van der Waals surface area contributed by atoms with Gasteiger partial charge < -0.3 is 10.1 Å². The molecule has 1 amide bonds. The zero-order chi connectivity index (χ0) is 22.0. The SMILES string of the molecule is CCCOc1ccc(C(=O)[C@H]2CC(=O)Nc3c2c(C)nn3-c2ccc(CC)cc2)cc1. The van der Waals surface area contributed by atoms with Gasteiger partial charge in [-0.05, 0) is 61.7 Å². The minimum absolute atomic E-state index is 0.0814. The fourth-order valence-electron chi connectivity index (χ4n) is 3.97. The highest BCUT2D eigenvalue weighted by molar-refractivity contribution is 6.08. The van der Waals surface area contributed by atoms with Gasteiger partial charge in [-0.25, -0.2) is 4.68 Å². The van der Waals surface area contributed by atoms with E-state index in [0.717, 1.165) is 35.5 Å². The van der Waals surface area contributed by atoms with Crippen LogP contribution in [0.25, 0.3) is 5.69 Å². The van der Waals surface area contributed by atoms with Crippen molar-refractivity contribution in [3.05, 3.63) is 70.9 Å². The molecule has 1 atom stereocenters. The maximum Gasteiger partial charge on any atom is 0.226 e. The monoisotopic (exact) mass is 417 g/mol. The molecule has 0 fully saturated rings. The van der Waals surface area contributed by atoms with Crippen LogP contribution in [0.5, 0.6) is 5.75 Å². The van der Waals surface area contributed by atoms with Crippen molar-refractivity contribution < 1.29 is 14.3 Å². The summed E-state index contributed by atoms with van der Waals surface area (Å²) < 4.78 is 7.33. The van der Waals surface area contributed by atoms with Gasteiger partial charge in [-0.3, -0.25) is 9.59 Å². The van der Waals surface area contributed by atoms with Gasteiger partial charge in [-0.2, -0.15) is 5.10 Å². The number of hydrogen-bond acceptors (Lipinski definition) is 4. The Morgan fingerprint density at radius 3 is 2.48 bits per heavy atom. The summed E-state index contributed by atoms with van der Waals surface area (Å²) in [6, 6.07) is 15.2. The van der Waals surface area contributed by atoms with E-state index in [9.17, 15) is 9.59 Å². The van der Waals surface area contributed by atoms with E-state index in [2.05, 4.69) is 17.3 Å². The minimum Gasteiger partial charge on any atom is -0.494 e. The van der Waals surface area contributed by atoms with Gasteiger partial charge in [0.2, 0.25) is 5.91 Å². The first kappa shape index (κ1) is 20.8. The second-order valence-electron chi connectivity index (χ2n) is 7.82. The van der Waals surface area contributed by atoms with Crippen molar-refractivity contribution in [1.29, 1.82) is 0 Å². The highest BCUT2D eigenvalue weighted by Crippen LogP contribution is 2.38. The van der Waals surface area contributed by atoms with Gasteiger partial charge in [0.15, 0.2) is 5.78 Å². The van der Waals surface area contributed by atoms with Crippen LogP contribution in [-0.4, -0.2) is 28.1 Å². The molecule has 0 unspecified atom stereocenters. The summed E-state index contributed by atoms with van der Waals surface area (Å²) in [6.45, 7) is 6.67. The van der Waals surface area contributed by atoms with E-state index < -0.39 is 5.92 Å². The average molecular weight is 418 g/mol. The maximum atomic E-state index is 13.4. The smallest absolute Gasteiger partial charge is 0.226 e. The topological polar surface area (TPSA) is 73.2 Å². The van der Waals surface area contributed by atoms with Crippen LogP contribution in [0.1, 0.15) is 59.8 Å². The molecule has 2 aromatic carbocycles. The van der Waals surface area contributed by atoms with Gasteiger partial charge >= 0.3 is 0 Å². The third kappa shape index (κ3) is 4.10. The molecule has 160 valence electrons. The number of Topliss-reactive ketones (excluding diaryl/α,β-unsaturated/α-hetero) is 1. The summed E-state index contributed by atoms with van der Waals surface area (Å²) in [5.74, 6) is 0.497. The van der Waals surface area contributed by atoms with Gasteiger partial charge in [-0.1, -0.05) is 26.0 Å². The predicted molar refractivity (Wildman–Crippen MR) is 120 cm³/mol. The molecule has 0 radical (unpaired) electrons. The van der Waals surface area contributed by atoms with Crippen molar-refractivity contribution in [3.8, 4) is 11.4 Å². The summed E-state index contributed by atoms with van der Waals surface area (Å²) in [7, 11) is 0. The van der Waals surface area contributed by atoms with Crippen LogP contribution in [0.15, 0.2) is 48.5 Å².